The summed E-state index contributed by atoms with van der Waals surface area (Å²) in [6, 6.07) is 6.58. The molecule has 114 valence electrons. The lowest BCUT2D eigenvalue weighted by Gasteiger charge is -2.16. The maximum Gasteiger partial charge on any atom is 0.341 e. The number of aliphatic carboxylic acids is 1. The summed E-state index contributed by atoms with van der Waals surface area (Å²) in [6.07, 6.45) is 4.13. The van der Waals surface area contributed by atoms with E-state index in [0.717, 1.165) is 32.2 Å². The molecule has 1 heterocycles. The average molecular weight is 292 g/mol. The molecule has 1 fully saturated rings. The van der Waals surface area contributed by atoms with Gasteiger partial charge in [0.15, 0.2) is 6.61 Å². The molecule has 1 amide bonds. The zero-order valence-corrected chi connectivity index (χ0v) is 11.8. The van der Waals surface area contributed by atoms with E-state index in [1.807, 2.05) is 0 Å². The quantitative estimate of drug-likeness (QED) is 0.767. The normalized spacial score (nSPS) is 18.6. The van der Waals surface area contributed by atoms with Crippen LogP contribution in [0.2, 0.25) is 0 Å². The van der Waals surface area contributed by atoms with Gasteiger partial charge >= 0.3 is 5.97 Å². The van der Waals surface area contributed by atoms with Gasteiger partial charge in [-0.2, -0.15) is 0 Å². The first-order valence-corrected chi connectivity index (χ1v) is 7.14. The summed E-state index contributed by atoms with van der Waals surface area (Å²) in [6.45, 7) is 0.460. The SMILES string of the molecule is O=C(O)COc1cccc(NC(=O)C2CCCCCN2)c1. The van der Waals surface area contributed by atoms with Crippen LogP contribution in [0.15, 0.2) is 24.3 Å². The van der Waals surface area contributed by atoms with Crippen molar-refractivity contribution in [3.05, 3.63) is 24.3 Å². The van der Waals surface area contributed by atoms with Gasteiger partial charge in [-0.1, -0.05) is 18.9 Å². The molecule has 1 aliphatic heterocycles. The van der Waals surface area contributed by atoms with E-state index in [2.05, 4.69) is 10.6 Å². The number of hydrogen-bond acceptors (Lipinski definition) is 4. The van der Waals surface area contributed by atoms with Crippen molar-refractivity contribution < 1.29 is 19.4 Å². The van der Waals surface area contributed by atoms with E-state index in [-0.39, 0.29) is 11.9 Å². The van der Waals surface area contributed by atoms with E-state index in [1.165, 1.54) is 0 Å². The van der Waals surface area contributed by atoms with Crippen LogP contribution in [-0.2, 0) is 9.59 Å². The van der Waals surface area contributed by atoms with Gasteiger partial charge in [0.25, 0.3) is 0 Å². The molecular formula is C15H20N2O4. The Morgan fingerprint density at radius 2 is 2.19 bits per heavy atom. The molecule has 1 atom stereocenters. The van der Waals surface area contributed by atoms with E-state index in [9.17, 15) is 9.59 Å². The maximum absolute atomic E-state index is 12.2. The first-order valence-electron chi connectivity index (χ1n) is 7.14. The maximum atomic E-state index is 12.2. The fourth-order valence-electron chi connectivity index (χ4n) is 2.29. The highest BCUT2D eigenvalue weighted by Crippen LogP contribution is 2.18. The van der Waals surface area contributed by atoms with Crippen molar-refractivity contribution in [2.24, 2.45) is 0 Å². The van der Waals surface area contributed by atoms with Crippen LogP contribution in [0.25, 0.3) is 0 Å². The Labute approximate surface area is 123 Å². The summed E-state index contributed by atoms with van der Waals surface area (Å²) < 4.78 is 5.09. The van der Waals surface area contributed by atoms with Crippen molar-refractivity contribution in [1.29, 1.82) is 0 Å². The smallest absolute Gasteiger partial charge is 0.341 e. The molecule has 3 N–H and O–H groups in total. The Balaban J connectivity index is 1.93. The minimum atomic E-state index is -1.04. The molecule has 1 aromatic rings. The number of benzene rings is 1. The number of rotatable bonds is 5. The lowest BCUT2D eigenvalue weighted by atomic mass is 10.1. The topological polar surface area (TPSA) is 87.7 Å². The molecule has 1 unspecified atom stereocenters. The monoisotopic (exact) mass is 292 g/mol. The summed E-state index contributed by atoms with van der Waals surface area (Å²) in [5.74, 6) is -0.677. The van der Waals surface area contributed by atoms with Crippen LogP contribution in [-0.4, -0.2) is 36.2 Å². The highest BCUT2D eigenvalue weighted by atomic mass is 16.5. The van der Waals surface area contributed by atoms with Crippen LogP contribution in [0, 0.1) is 0 Å². The number of carbonyl (C=O) groups is 2. The average Bonchev–Trinajstić information content (AvgIpc) is 2.74. The Hall–Kier alpha value is -2.08. The zero-order valence-electron chi connectivity index (χ0n) is 11.8. The number of carboxylic acids is 1. The molecule has 0 radical (unpaired) electrons. The molecule has 2 rings (SSSR count). The number of carboxylic acid groups (broad SMARTS) is 1. The summed E-state index contributed by atoms with van der Waals surface area (Å²) >= 11 is 0. The van der Waals surface area contributed by atoms with Gasteiger partial charge in [0.1, 0.15) is 5.75 Å². The standard InChI is InChI=1S/C15H20N2O4/c18-14(19)10-21-12-6-4-5-11(9-12)17-15(20)13-7-2-1-3-8-16-13/h4-6,9,13,16H,1-3,7-8,10H2,(H,17,20)(H,18,19). The van der Waals surface area contributed by atoms with Gasteiger partial charge in [-0.15, -0.1) is 0 Å². The Morgan fingerprint density at radius 3 is 3.00 bits per heavy atom. The molecule has 21 heavy (non-hydrogen) atoms. The largest absolute Gasteiger partial charge is 0.482 e. The summed E-state index contributed by atoms with van der Waals surface area (Å²) in [5, 5.41) is 14.7. The number of anilines is 1. The van der Waals surface area contributed by atoms with Gasteiger partial charge in [0, 0.05) is 11.8 Å². The van der Waals surface area contributed by atoms with E-state index in [0.29, 0.717) is 11.4 Å². The predicted molar refractivity (Wildman–Crippen MR) is 78.5 cm³/mol. The van der Waals surface area contributed by atoms with Crippen molar-refractivity contribution in [3.8, 4) is 5.75 Å². The van der Waals surface area contributed by atoms with E-state index < -0.39 is 12.6 Å². The van der Waals surface area contributed by atoms with E-state index in [4.69, 9.17) is 9.84 Å². The Kier molecular flexibility index (Phi) is 5.57. The van der Waals surface area contributed by atoms with Gasteiger partial charge in [0.2, 0.25) is 5.91 Å². The second-order valence-corrected chi connectivity index (χ2v) is 5.06. The molecule has 0 spiro atoms. The summed E-state index contributed by atoms with van der Waals surface area (Å²) in [4.78, 5) is 22.7. The Morgan fingerprint density at radius 1 is 1.33 bits per heavy atom. The third-order valence-corrected chi connectivity index (χ3v) is 3.34. The van der Waals surface area contributed by atoms with Crippen LogP contribution in [0.4, 0.5) is 5.69 Å². The first kappa shape index (κ1) is 15.3. The van der Waals surface area contributed by atoms with E-state index in [1.54, 1.807) is 24.3 Å². The molecule has 6 heteroatoms. The predicted octanol–water partition coefficient (Wildman–Crippen LogP) is 1.62. The highest BCUT2D eigenvalue weighted by molar-refractivity contribution is 5.95. The molecule has 0 saturated carbocycles. The molecule has 0 aromatic heterocycles. The van der Waals surface area contributed by atoms with Gasteiger partial charge in [-0.25, -0.2) is 4.79 Å². The van der Waals surface area contributed by atoms with Gasteiger partial charge < -0.3 is 20.5 Å². The van der Waals surface area contributed by atoms with Crippen molar-refractivity contribution in [2.45, 2.75) is 31.7 Å². The number of amides is 1. The first-order chi connectivity index (χ1) is 10.1. The van der Waals surface area contributed by atoms with Crippen LogP contribution in [0.1, 0.15) is 25.7 Å². The molecule has 0 aliphatic carbocycles. The number of carbonyl (C=O) groups excluding carboxylic acids is 1. The fraction of sp³-hybridized carbons (Fsp3) is 0.467. The lowest BCUT2D eigenvalue weighted by molar-refractivity contribution is -0.139. The molecule has 0 bridgehead atoms. The highest BCUT2D eigenvalue weighted by Gasteiger charge is 2.19. The van der Waals surface area contributed by atoms with Crippen molar-refractivity contribution >= 4 is 17.6 Å². The van der Waals surface area contributed by atoms with Crippen molar-refractivity contribution in [1.82, 2.24) is 5.32 Å². The van der Waals surface area contributed by atoms with Gasteiger partial charge in [-0.05, 0) is 31.5 Å². The molecule has 1 aliphatic rings. The van der Waals surface area contributed by atoms with Crippen LogP contribution in [0.3, 0.4) is 0 Å². The van der Waals surface area contributed by atoms with Gasteiger partial charge in [-0.3, -0.25) is 4.79 Å². The minimum Gasteiger partial charge on any atom is -0.482 e. The second kappa shape index (κ2) is 7.64. The molecule has 6 nitrogen and oxygen atoms in total. The fourth-order valence-corrected chi connectivity index (χ4v) is 2.29. The van der Waals surface area contributed by atoms with Crippen molar-refractivity contribution in [3.63, 3.8) is 0 Å². The minimum absolute atomic E-state index is 0.0627. The third-order valence-electron chi connectivity index (χ3n) is 3.34. The molecular weight excluding hydrogens is 272 g/mol. The van der Waals surface area contributed by atoms with Gasteiger partial charge in [0.05, 0.1) is 6.04 Å². The summed E-state index contributed by atoms with van der Waals surface area (Å²) in [7, 11) is 0. The molecule has 1 saturated heterocycles. The van der Waals surface area contributed by atoms with Crippen LogP contribution in [0.5, 0.6) is 5.75 Å². The second-order valence-electron chi connectivity index (χ2n) is 5.06. The number of hydrogen-bond donors (Lipinski definition) is 3. The number of ether oxygens (including phenoxy) is 1. The van der Waals surface area contributed by atoms with E-state index >= 15 is 0 Å². The Bertz CT molecular complexity index is 496. The third kappa shape index (κ3) is 5.07. The molecule has 1 aromatic carbocycles. The summed E-state index contributed by atoms with van der Waals surface area (Å²) in [5.41, 5.74) is 0.605. The zero-order chi connectivity index (χ0) is 15.1. The van der Waals surface area contributed by atoms with Crippen LogP contribution < -0.4 is 15.4 Å². The van der Waals surface area contributed by atoms with Crippen molar-refractivity contribution in [2.75, 3.05) is 18.5 Å². The lowest BCUT2D eigenvalue weighted by Crippen LogP contribution is -2.39. The number of nitrogens with one attached hydrogen (secondary N) is 2. The van der Waals surface area contributed by atoms with Crippen LogP contribution >= 0.6 is 0 Å².